The maximum atomic E-state index is 12.3. The fraction of sp³-hybridized carbons (Fsp3) is 0.833. The first-order valence-corrected chi connectivity index (χ1v) is 6.57. The highest BCUT2D eigenvalue weighted by atomic mass is 19.4. The van der Waals surface area contributed by atoms with Gasteiger partial charge in [-0.2, -0.15) is 13.2 Å². The normalized spacial score (nSPS) is 23.5. The molecule has 1 aromatic heterocycles. The second-order valence-electron chi connectivity index (χ2n) is 5.75. The Morgan fingerprint density at radius 1 is 1.21 bits per heavy atom. The van der Waals surface area contributed by atoms with Crippen molar-refractivity contribution in [2.24, 2.45) is 11.3 Å². The highest BCUT2D eigenvalue weighted by molar-refractivity contribution is 4.97. The van der Waals surface area contributed by atoms with Crippen LogP contribution in [0.2, 0.25) is 0 Å². The molecule has 0 aromatic carbocycles. The van der Waals surface area contributed by atoms with Gasteiger partial charge in [0.25, 0.3) is 0 Å². The smallest absolute Gasteiger partial charge is 0.417 e. The van der Waals surface area contributed by atoms with Crippen LogP contribution in [-0.2, 0) is 12.6 Å². The summed E-state index contributed by atoms with van der Waals surface area (Å²) in [5.41, 5.74) is 0.461. The Balaban J connectivity index is 1.56. The van der Waals surface area contributed by atoms with Crippen molar-refractivity contribution in [3.8, 4) is 0 Å². The molecule has 2 fully saturated rings. The summed E-state index contributed by atoms with van der Waals surface area (Å²) in [4.78, 5) is 0. The van der Waals surface area contributed by atoms with Gasteiger partial charge in [-0.15, -0.1) is 10.2 Å². The minimum atomic E-state index is -4.54. The van der Waals surface area contributed by atoms with Crippen LogP contribution >= 0.6 is 0 Å². The Bertz CT molecular complexity index is 443. The summed E-state index contributed by atoms with van der Waals surface area (Å²) in [5, 5.41) is 9.85. The van der Waals surface area contributed by atoms with E-state index in [2.05, 4.69) is 19.9 Å². The highest BCUT2D eigenvalue weighted by Crippen LogP contribution is 2.42. The van der Waals surface area contributed by atoms with E-state index in [0.717, 1.165) is 38.8 Å². The zero-order chi connectivity index (χ0) is 13.5. The molecule has 1 spiro atoms. The molecule has 3 rings (SSSR count). The van der Waals surface area contributed by atoms with Crippen LogP contribution in [0.1, 0.15) is 37.5 Å². The lowest BCUT2D eigenvalue weighted by Crippen LogP contribution is -2.54. The molecule has 19 heavy (non-hydrogen) atoms. The molecule has 1 saturated carbocycles. The van der Waals surface area contributed by atoms with E-state index >= 15 is 0 Å². The van der Waals surface area contributed by atoms with Gasteiger partial charge in [0, 0.05) is 19.5 Å². The number of nitrogens with one attached hydrogen (secondary N) is 1. The first-order valence-electron chi connectivity index (χ1n) is 6.57. The molecular formula is C12H16F3N3O. The van der Waals surface area contributed by atoms with Gasteiger partial charge in [0.05, 0.1) is 0 Å². The van der Waals surface area contributed by atoms with Gasteiger partial charge in [0.1, 0.15) is 0 Å². The van der Waals surface area contributed by atoms with E-state index in [1.165, 1.54) is 0 Å². The molecule has 1 N–H and O–H groups in total. The molecule has 1 saturated heterocycles. The van der Waals surface area contributed by atoms with Crippen molar-refractivity contribution in [1.29, 1.82) is 0 Å². The Labute approximate surface area is 108 Å². The topological polar surface area (TPSA) is 51.0 Å². The van der Waals surface area contributed by atoms with Gasteiger partial charge in [-0.1, -0.05) is 0 Å². The van der Waals surface area contributed by atoms with Crippen molar-refractivity contribution >= 4 is 0 Å². The monoisotopic (exact) mass is 275 g/mol. The van der Waals surface area contributed by atoms with Gasteiger partial charge in [-0.05, 0) is 37.0 Å². The standard InChI is InChI=1S/C12H16F3N3O/c13-12(14,15)10-18-17-9(19-10)5-8-1-3-11(4-2-8)6-16-7-11/h8,16H,1-7H2. The van der Waals surface area contributed by atoms with Crippen LogP contribution in [0.15, 0.2) is 4.42 Å². The molecule has 7 heteroatoms. The van der Waals surface area contributed by atoms with E-state index in [-0.39, 0.29) is 5.89 Å². The molecule has 4 nitrogen and oxygen atoms in total. The van der Waals surface area contributed by atoms with Crippen molar-refractivity contribution in [1.82, 2.24) is 15.5 Å². The average molecular weight is 275 g/mol. The van der Waals surface area contributed by atoms with Crippen molar-refractivity contribution in [3.05, 3.63) is 11.8 Å². The molecule has 2 aliphatic rings. The summed E-state index contributed by atoms with van der Waals surface area (Å²) in [6, 6.07) is 0. The van der Waals surface area contributed by atoms with E-state index in [0.29, 0.717) is 17.8 Å². The van der Waals surface area contributed by atoms with E-state index in [1.807, 2.05) is 0 Å². The maximum Gasteiger partial charge on any atom is 0.470 e. The molecule has 1 aliphatic carbocycles. The number of aromatic nitrogens is 2. The maximum absolute atomic E-state index is 12.3. The molecule has 0 amide bonds. The zero-order valence-electron chi connectivity index (χ0n) is 10.5. The van der Waals surface area contributed by atoms with Crippen LogP contribution in [0, 0.1) is 11.3 Å². The van der Waals surface area contributed by atoms with Gasteiger partial charge in [0.15, 0.2) is 0 Å². The minimum absolute atomic E-state index is 0.111. The minimum Gasteiger partial charge on any atom is -0.417 e. The SMILES string of the molecule is FC(F)(F)c1nnc(CC2CCC3(CC2)CNC3)o1. The average Bonchev–Trinajstić information content (AvgIpc) is 2.76. The van der Waals surface area contributed by atoms with Crippen molar-refractivity contribution in [3.63, 3.8) is 0 Å². The van der Waals surface area contributed by atoms with E-state index in [4.69, 9.17) is 0 Å². The van der Waals surface area contributed by atoms with Crippen LogP contribution in [0.25, 0.3) is 0 Å². The van der Waals surface area contributed by atoms with E-state index in [1.54, 1.807) is 0 Å². The van der Waals surface area contributed by atoms with E-state index in [9.17, 15) is 13.2 Å². The van der Waals surface area contributed by atoms with Crippen LogP contribution in [0.3, 0.4) is 0 Å². The largest absolute Gasteiger partial charge is 0.470 e. The fourth-order valence-corrected chi connectivity index (χ4v) is 3.02. The first kappa shape index (κ1) is 12.9. The molecule has 0 radical (unpaired) electrons. The second kappa shape index (κ2) is 4.47. The summed E-state index contributed by atoms with van der Waals surface area (Å²) in [6.45, 7) is 2.16. The Hall–Kier alpha value is -1.11. The Morgan fingerprint density at radius 3 is 2.37 bits per heavy atom. The molecule has 1 aromatic rings. The quantitative estimate of drug-likeness (QED) is 0.900. The third-order valence-corrected chi connectivity index (χ3v) is 4.34. The summed E-state index contributed by atoms with van der Waals surface area (Å²) < 4.78 is 41.7. The van der Waals surface area contributed by atoms with Gasteiger partial charge in [-0.3, -0.25) is 0 Å². The molecule has 1 aliphatic heterocycles. The summed E-state index contributed by atoms with van der Waals surface area (Å²) in [7, 11) is 0. The number of hydrogen-bond donors (Lipinski definition) is 1. The molecule has 0 unspecified atom stereocenters. The van der Waals surface area contributed by atoms with Crippen LogP contribution in [-0.4, -0.2) is 23.3 Å². The van der Waals surface area contributed by atoms with Gasteiger partial charge in [-0.25, -0.2) is 0 Å². The number of hydrogen-bond acceptors (Lipinski definition) is 4. The van der Waals surface area contributed by atoms with Gasteiger partial charge >= 0.3 is 12.1 Å². The van der Waals surface area contributed by atoms with Crippen molar-refractivity contribution in [2.45, 2.75) is 38.3 Å². The molecule has 106 valence electrons. The van der Waals surface area contributed by atoms with Crippen molar-refractivity contribution < 1.29 is 17.6 Å². The molecular weight excluding hydrogens is 259 g/mol. The van der Waals surface area contributed by atoms with Gasteiger partial charge < -0.3 is 9.73 Å². The third kappa shape index (κ3) is 2.61. The first-order chi connectivity index (χ1) is 8.97. The van der Waals surface area contributed by atoms with Crippen LogP contribution < -0.4 is 5.32 Å². The third-order valence-electron chi connectivity index (χ3n) is 4.34. The van der Waals surface area contributed by atoms with Crippen molar-refractivity contribution in [2.75, 3.05) is 13.1 Å². The van der Waals surface area contributed by atoms with Crippen LogP contribution in [0.5, 0.6) is 0 Å². The highest BCUT2D eigenvalue weighted by Gasteiger charge is 2.41. The number of nitrogens with zero attached hydrogens (tertiary/aromatic N) is 2. The predicted molar refractivity (Wildman–Crippen MR) is 60.3 cm³/mol. The lowest BCUT2D eigenvalue weighted by molar-refractivity contribution is -0.157. The molecule has 0 bridgehead atoms. The summed E-state index contributed by atoms with van der Waals surface area (Å²) in [6.07, 6.45) is 0.277. The Kier molecular flexibility index (Phi) is 3.03. The molecule has 2 heterocycles. The molecule has 0 atom stereocenters. The lowest BCUT2D eigenvalue weighted by Gasteiger charge is -2.47. The number of halogens is 3. The fourth-order valence-electron chi connectivity index (χ4n) is 3.02. The zero-order valence-corrected chi connectivity index (χ0v) is 10.5. The summed E-state index contributed by atoms with van der Waals surface area (Å²) in [5.74, 6) is -0.759. The lowest BCUT2D eigenvalue weighted by atomic mass is 9.66. The second-order valence-corrected chi connectivity index (χ2v) is 5.75. The summed E-state index contributed by atoms with van der Waals surface area (Å²) >= 11 is 0. The van der Waals surface area contributed by atoms with E-state index < -0.39 is 12.1 Å². The number of alkyl halides is 3. The number of rotatable bonds is 2. The predicted octanol–water partition coefficient (Wildman–Crippen LogP) is 2.41. The van der Waals surface area contributed by atoms with Crippen LogP contribution in [0.4, 0.5) is 13.2 Å². The Morgan fingerprint density at radius 2 is 1.89 bits per heavy atom. The van der Waals surface area contributed by atoms with Gasteiger partial charge in [0.2, 0.25) is 5.89 Å².